The summed E-state index contributed by atoms with van der Waals surface area (Å²) in [5.41, 5.74) is 0.874. The molecule has 3 aliphatic rings. The van der Waals surface area contributed by atoms with Crippen LogP contribution in [0.4, 0.5) is 4.79 Å². The summed E-state index contributed by atoms with van der Waals surface area (Å²) in [5.74, 6) is -1.17. The highest BCUT2D eigenvalue weighted by atomic mass is 127. The summed E-state index contributed by atoms with van der Waals surface area (Å²) in [4.78, 5) is 39.5. The second kappa shape index (κ2) is 7.88. The molecule has 1 aliphatic carbocycles. The van der Waals surface area contributed by atoms with Crippen molar-refractivity contribution in [1.82, 2.24) is 4.90 Å². The minimum Gasteiger partial charge on any atom is -0.466 e. The van der Waals surface area contributed by atoms with Gasteiger partial charge in [0.25, 0.3) is 0 Å². The van der Waals surface area contributed by atoms with Crippen LogP contribution in [0, 0.1) is 11.8 Å². The van der Waals surface area contributed by atoms with Crippen LogP contribution in [0.3, 0.4) is 0 Å². The third kappa shape index (κ3) is 3.35. The highest BCUT2D eigenvalue weighted by Crippen LogP contribution is 2.50. The molecular formula is C20H22INO6. The van der Waals surface area contributed by atoms with Gasteiger partial charge in [0.1, 0.15) is 18.8 Å². The van der Waals surface area contributed by atoms with Crippen molar-refractivity contribution in [2.45, 2.75) is 48.5 Å². The van der Waals surface area contributed by atoms with E-state index >= 15 is 0 Å². The number of nitrogens with zero attached hydrogens (tertiary/aromatic N) is 1. The highest BCUT2D eigenvalue weighted by molar-refractivity contribution is 14.1. The van der Waals surface area contributed by atoms with Crippen LogP contribution in [0.25, 0.3) is 0 Å². The van der Waals surface area contributed by atoms with Crippen molar-refractivity contribution in [2.75, 3.05) is 6.61 Å². The highest BCUT2D eigenvalue weighted by Gasteiger charge is 2.63. The predicted octanol–water partition coefficient (Wildman–Crippen LogP) is 2.69. The Bertz CT molecular complexity index is 771. The Morgan fingerprint density at radius 2 is 1.96 bits per heavy atom. The molecule has 8 heteroatoms. The number of ether oxygens (including phenoxy) is 3. The van der Waals surface area contributed by atoms with Crippen molar-refractivity contribution < 1.29 is 28.6 Å². The van der Waals surface area contributed by atoms with E-state index in [1.807, 2.05) is 30.3 Å². The van der Waals surface area contributed by atoms with Gasteiger partial charge < -0.3 is 14.2 Å². The molecule has 150 valence electrons. The lowest BCUT2D eigenvalue weighted by Crippen LogP contribution is -2.62. The fraction of sp³-hybridized carbons (Fsp3) is 0.550. The number of halogens is 1. The number of esters is 2. The lowest BCUT2D eigenvalue weighted by atomic mass is 9.74. The molecule has 1 amide bonds. The zero-order chi connectivity index (χ0) is 19.8. The largest absolute Gasteiger partial charge is 0.466 e. The molecule has 2 heterocycles. The van der Waals surface area contributed by atoms with Gasteiger partial charge >= 0.3 is 18.0 Å². The van der Waals surface area contributed by atoms with Gasteiger partial charge in [-0.05, 0) is 31.2 Å². The van der Waals surface area contributed by atoms with Crippen LogP contribution < -0.4 is 0 Å². The molecule has 1 saturated carbocycles. The zero-order valence-corrected chi connectivity index (χ0v) is 17.6. The minimum absolute atomic E-state index is 0.0688. The van der Waals surface area contributed by atoms with Gasteiger partial charge in [-0.15, -0.1) is 0 Å². The molecule has 0 aromatic heterocycles. The lowest BCUT2D eigenvalue weighted by molar-refractivity contribution is -0.170. The van der Waals surface area contributed by atoms with E-state index < -0.39 is 24.2 Å². The van der Waals surface area contributed by atoms with Crippen LogP contribution in [0.1, 0.15) is 25.3 Å². The van der Waals surface area contributed by atoms with E-state index in [1.54, 1.807) is 6.92 Å². The van der Waals surface area contributed by atoms with Crippen molar-refractivity contribution in [3.63, 3.8) is 0 Å². The number of carbonyl (C=O) groups excluding carboxylic acids is 3. The van der Waals surface area contributed by atoms with Crippen molar-refractivity contribution >= 4 is 40.6 Å². The Balaban J connectivity index is 1.56. The minimum atomic E-state index is -0.701. The second-order valence-electron chi connectivity index (χ2n) is 7.37. The van der Waals surface area contributed by atoms with Crippen LogP contribution in [0.5, 0.6) is 0 Å². The molecule has 0 N–H and O–H groups in total. The number of hydrogen-bond donors (Lipinski definition) is 0. The SMILES string of the molecule is CCOC(=O)[C@H]1C[C@@H](I)[C@@H]2OC(=O)[C@@H]3C[C@H]1[C@H]2N3C(=O)OCc1ccccc1. The van der Waals surface area contributed by atoms with E-state index in [4.69, 9.17) is 14.2 Å². The molecule has 2 saturated heterocycles. The first kappa shape index (κ1) is 19.5. The van der Waals surface area contributed by atoms with E-state index in [9.17, 15) is 14.4 Å². The van der Waals surface area contributed by atoms with E-state index in [-0.39, 0.29) is 34.4 Å². The molecule has 2 aliphatic heterocycles. The fourth-order valence-corrected chi connectivity index (χ4v) is 5.74. The number of alkyl halides is 1. The van der Waals surface area contributed by atoms with Gasteiger partial charge in [0, 0.05) is 0 Å². The first-order valence-corrected chi connectivity index (χ1v) is 10.8. The van der Waals surface area contributed by atoms with E-state index in [0.717, 1.165) is 5.56 Å². The molecule has 7 nitrogen and oxygen atoms in total. The first-order valence-electron chi connectivity index (χ1n) is 9.51. The van der Waals surface area contributed by atoms with Crippen LogP contribution in [-0.4, -0.2) is 51.7 Å². The molecule has 0 radical (unpaired) electrons. The summed E-state index contributed by atoms with van der Waals surface area (Å²) in [6.07, 6.45) is 0.0358. The average Bonchev–Trinajstić information content (AvgIpc) is 3.04. The van der Waals surface area contributed by atoms with Gasteiger partial charge in [0.2, 0.25) is 0 Å². The zero-order valence-electron chi connectivity index (χ0n) is 15.5. The Labute approximate surface area is 176 Å². The molecule has 4 rings (SSSR count). The molecule has 0 spiro atoms. The molecule has 1 aromatic carbocycles. The predicted molar refractivity (Wildman–Crippen MR) is 107 cm³/mol. The Morgan fingerprint density at radius 3 is 2.68 bits per heavy atom. The lowest BCUT2D eigenvalue weighted by Gasteiger charge is -2.45. The fourth-order valence-electron chi connectivity index (χ4n) is 4.62. The van der Waals surface area contributed by atoms with Gasteiger partial charge in [-0.25, -0.2) is 9.59 Å². The number of fused-ring (bicyclic) bond motifs is 1. The van der Waals surface area contributed by atoms with E-state index in [2.05, 4.69) is 22.6 Å². The Hall–Kier alpha value is -1.84. The average molecular weight is 499 g/mol. The summed E-state index contributed by atoms with van der Waals surface area (Å²) in [6.45, 7) is 2.22. The molecule has 3 fully saturated rings. The molecule has 0 unspecified atom stereocenters. The smallest absolute Gasteiger partial charge is 0.411 e. The van der Waals surface area contributed by atoms with Gasteiger partial charge in [-0.2, -0.15) is 0 Å². The third-order valence-corrected chi connectivity index (χ3v) is 7.03. The first-order chi connectivity index (χ1) is 13.5. The van der Waals surface area contributed by atoms with Crippen molar-refractivity contribution in [1.29, 1.82) is 0 Å². The van der Waals surface area contributed by atoms with Crippen LogP contribution in [0.2, 0.25) is 0 Å². The maximum atomic E-state index is 12.9. The molecule has 6 atom stereocenters. The van der Waals surface area contributed by atoms with Gasteiger partial charge in [-0.3, -0.25) is 9.69 Å². The topological polar surface area (TPSA) is 82.1 Å². The third-order valence-electron chi connectivity index (χ3n) is 5.81. The number of morpholine rings is 1. The number of amides is 1. The van der Waals surface area contributed by atoms with Gasteiger partial charge in [0.05, 0.1) is 22.5 Å². The molecule has 28 heavy (non-hydrogen) atoms. The molecular weight excluding hydrogens is 477 g/mol. The Kier molecular flexibility index (Phi) is 5.48. The number of rotatable bonds is 4. The second-order valence-corrected chi connectivity index (χ2v) is 8.97. The normalized spacial score (nSPS) is 33.2. The van der Waals surface area contributed by atoms with Crippen molar-refractivity contribution in [3.8, 4) is 0 Å². The monoisotopic (exact) mass is 499 g/mol. The maximum Gasteiger partial charge on any atom is 0.411 e. The summed E-state index contributed by atoms with van der Waals surface area (Å²) in [5, 5.41) is 0. The number of benzene rings is 1. The van der Waals surface area contributed by atoms with Crippen LogP contribution in [-0.2, 0) is 30.4 Å². The van der Waals surface area contributed by atoms with Crippen LogP contribution >= 0.6 is 22.6 Å². The number of hydrogen-bond acceptors (Lipinski definition) is 6. The summed E-state index contributed by atoms with van der Waals surface area (Å²) in [7, 11) is 0. The van der Waals surface area contributed by atoms with Crippen molar-refractivity contribution in [2.24, 2.45) is 11.8 Å². The Morgan fingerprint density at radius 1 is 1.21 bits per heavy atom. The summed E-state index contributed by atoms with van der Waals surface area (Å²) in [6, 6.07) is 8.34. The number of carbonyl (C=O) groups is 3. The standard InChI is InChI=1S/C20H22INO6/c1-2-26-18(23)13-8-14(21)17-16-12(13)9-15(19(24)28-17)22(16)20(25)27-10-11-6-4-3-5-7-11/h3-7,12-17H,2,8-10H2,1H3/t12-,13+,14-,15+,16-,17+/m1/s1. The summed E-state index contributed by atoms with van der Waals surface area (Å²) < 4.78 is 16.3. The quantitative estimate of drug-likeness (QED) is 0.274. The van der Waals surface area contributed by atoms with Gasteiger partial charge in [0.15, 0.2) is 0 Å². The van der Waals surface area contributed by atoms with Crippen molar-refractivity contribution in [3.05, 3.63) is 35.9 Å². The molecule has 2 bridgehead atoms. The van der Waals surface area contributed by atoms with Gasteiger partial charge in [-0.1, -0.05) is 52.9 Å². The van der Waals surface area contributed by atoms with Crippen LogP contribution in [0.15, 0.2) is 30.3 Å². The molecule has 1 aromatic rings. The van der Waals surface area contributed by atoms with E-state index in [0.29, 0.717) is 19.4 Å². The van der Waals surface area contributed by atoms with E-state index in [1.165, 1.54) is 4.90 Å². The maximum absolute atomic E-state index is 12.9. The summed E-state index contributed by atoms with van der Waals surface area (Å²) >= 11 is 2.21.